The van der Waals surface area contributed by atoms with Crippen molar-refractivity contribution < 1.29 is 4.79 Å². The lowest BCUT2D eigenvalue weighted by Gasteiger charge is -2.05. The number of carbonyl (C=O) groups is 1. The lowest BCUT2D eigenvalue weighted by Crippen LogP contribution is -2.14. The normalized spacial score (nSPS) is 10.9. The second-order valence-electron chi connectivity index (χ2n) is 6.90. The van der Waals surface area contributed by atoms with Gasteiger partial charge in [0, 0.05) is 10.9 Å². The quantitative estimate of drug-likeness (QED) is 0.450. The maximum Gasteiger partial charge on any atom is 0.236 e. The molecule has 1 N–H and O–H groups in total. The molecule has 0 aliphatic carbocycles. The summed E-state index contributed by atoms with van der Waals surface area (Å²) in [6.45, 7) is 6.13. The van der Waals surface area contributed by atoms with E-state index in [1.807, 2.05) is 36.6 Å². The molecule has 4 aromatic rings. The molecule has 152 valence electrons. The summed E-state index contributed by atoms with van der Waals surface area (Å²) in [5.41, 5.74) is 6.29. The van der Waals surface area contributed by atoms with Crippen molar-refractivity contribution in [1.82, 2.24) is 25.2 Å². The van der Waals surface area contributed by atoms with Gasteiger partial charge in [0.05, 0.1) is 17.1 Å². The van der Waals surface area contributed by atoms with Crippen LogP contribution in [0.2, 0.25) is 0 Å². The molecule has 2 heterocycles. The van der Waals surface area contributed by atoms with Crippen molar-refractivity contribution in [3.63, 3.8) is 0 Å². The van der Waals surface area contributed by atoms with Crippen LogP contribution in [0.25, 0.3) is 16.9 Å². The third-order valence-electron chi connectivity index (χ3n) is 4.47. The van der Waals surface area contributed by atoms with Gasteiger partial charge in [0.2, 0.25) is 11.1 Å². The Bertz CT molecular complexity index is 1180. The van der Waals surface area contributed by atoms with E-state index < -0.39 is 0 Å². The van der Waals surface area contributed by atoms with Crippen LogP contribution in [0.5, 0.6) is 0 Å². The number of tetrazole rings is 1. The van der Waals surface area contributed by atoms with E-state index in [0.29, 0.717) is 10.3 Å². The van der Waals surface area contributed by atoms with Crippen molar-refractivity contribution in [1.29, 1.82) is 0 Å². The highest BCUT2D eigenvalue weighted by Crippen LogP contribution is 2.28. The molecule has 7 nitrogen and oxygen atoms in total. The minimum atomic E-state index is -0.152. The lowest BCUT2D eigenvalue weighted by molar-refractivity contribution is -0.113. The van der Waals surface area contributed by atoms with E-state index in [1.165, 1.54) is 28.7 Å². The molecule has 9 heteroatoms. The summed E-state index contributed by atoms with van der Waals surface area (Å²) in [4.78, 5) is 17.0. The monoisotopic (exact) mass is 436 g/mol. The topological polar surface area (TPSA) is 85.6 Å². The smallest absolute Gasteiger partial charge is 0.236 e. The van der Waals surface area contributed by atoms with E-state index in [4.69, 9.17) is 0 Å². The van der Waals surface area contributed by atoms with Crippen LogP contribution in [0, 0.1) is 20.8 Å². The third kappa shape index (κ3) is 4.58. The fraction of sp³-hybridized carbons (Fsp3) is 0.190. The van der Waals surface area contributed by atoms with Crippen LogP contribution < -0.4 is 5.32 Å². The average molecular weight is 437 g/mol. The van der Waals surface area contributed by atoms with Gasteiger partial charge in [-0.2, -0.15) is 4.68 Å². The van der Waals surface area contributed by atoms with Crippen molar-refractivity contribution >= 4 is 34.1 Å². The van der Waals surface area contributed by atoms with Crippen LogP contribution in [0.4, 0.5) is 5.13 Å². The van der Waals surface area contributed by atoms with Crippen LogP contribution in [-0.4, -0.2) is 36.9 Å². The van der Waals surface area contributed by atoms with Gasteiger partial charge in [-0.3, -0.25) is 4.79 Å². The first kappa shape index (κ1) is 20.2. The van der Waals surface area contributed by atoms with Gasteiger partial charge < -0.3 is 5.32 Å². The Hall–Kier alpha value is -3.04. The molecule has 0 fully saturated rings. The van der Waals surface area contributed by atoms with E-state index >= 15 is 0 Å². The third-order valence-corrected chi connectivity index (χ3v) is 6.15. The first-order chi connectivity index (χ1) is 14.5. The molecule has 0 unspecified atom stereocenters. The standard InChI is InChI=1S/C21H20N6OS2/c1-13-5-8-16(9-6-13)27-21(24-25-26-27)30-12-19(28)23-20-22-18(11-29-20)17-10-14(2)4-7-15(17)3/h4-11H,12H2,1-3H3,(H,22,23,28). The van der Waals surface area contributed by atoms with E-state index in [-0.39, 0.29) is 11.7 Å². The van der Waals surface area contributed by atoms with Gasteiger partial charge in [-0.05, 0) is 55.0 Å². The summed E-state index contributed by atoms with van der Waals surface area (Å²) in [7, 11) is 0. The van der Waals surface area contributed by atoms with Crippen molar-refractivity contribution in [2.24, 2.45) is 0 Å². The number of anilines is 1. The predicted octanol–water partition coefficient (Wildman–Crippen LogP) is 4.44. The van der Waals surface area contributed by atoms with E-state index in [2.05, 4.69) is 57.9 Å². The molecule has 0 saturated carbocycles. The zero-order valence-electron chi connectivity index (χ0n) is 16.8. The van der Waals surface area contributed by atoms with Gasteiger partial charge in [-0.25, -0.2) is 4.98 Å². The molecule has 30 heavy (non-hydrogen) atoms. The largest absolute Gasteiger partial charge is 0.301 e. The molecule has 0 radical (unpaired) electrons. The molecule has 2 aromatic heterocycles. The van der Waals surface area contributed by atoms with Crippen LogP contribution >= 0.6 is 23.1 Å². The molecule has 0 aliphatic rings. The van der Waals surface area contributed by atoms with Crippen LogP contribution in [-0.2, 0) is 4.79 Å². The van der Waals surface area contributed by atoms with Gasteiger partial charge in [0.25, 0.3) is 0 Å². The highest BCUT2D eigenvalue weighted by Gasteiger charge is 2.14. The zero-order valence-corrected chi connectivity index (χ0v) is 18.4. The molecule has 4 rings (SSSR count). The molecule has 0 atom stereocenters. The summed E-state index contributed by atoms with van der Waals surface area (Å²) < 4.78 is 1.62. The molecular formula is C21H20N6OS2. The molecule has 1 amide bonds. The Balaban J connectivity index is 1.40. The van der Waals surface area contributed by atoms with E-state index in [1.54, 1.807) is 4.68 Å². The Morgan fingerprint density at radius 3 is 2.67 bits per heavy atom. The first-order valence-corrected chi connectivity index (χ1v) is 11.2. The summed E-state index contributed by atoms with van der Waals surface area (Å²) in [6, 6.07) is 14.1. The van der Waals surface area contributed by atoms with Crippen LogP contribution in [0.15, 0.2) is 53.0 Å². The number of thiazole rings is 1. The highest BCUT2D eigenvalue weighted by molar-refractivity contribution is 7.99. The minimum absolute atomic E-state index is 0.152. The summed E-state index contributed by atoms with van der Waals surface area (Å²) in [5, 5.41) is 17.7. The number of aromatic nitrogens is 5. The van der Waals surface area contributed by atoms with Gasteiger partial charge in [0.1, 0.15) is 0 Å². The Morgan fingerprint density at radius 1 is 1.10 bits per heavy atom. The highest BCUT2D eigenvalue weighted by atomic mass is 32.2. The van der Waals surface area contributed by atoms with Crippen molar-refractivity contribution in [3.8, 4) is 16.9 Å². The molecule has 0 saturated heterocycles. The number of carbonyl (C=O) groups excluding carboxylic acids is 1. The number of thioether (sulfide) groups is 1. The molecule has 0 aliphatic heterocycles. The van der Waals surface area contributed by atoms with Gasteiger partial charge in [-0.1, -0.05) is 47.2 Å². The van der Waals surface area contributed by atoms with E-state index in [0.717, 1.165) is 28.1 Å². The number of rotatable bonds is 6. The van der Waals surface area contributed by atoms with Crippen LogP contribution in [0.1, 0.15) is 16.7 Å². The van der Waals surface area contributed by atoms with Crippen molar-refractivity contribution in [2.75, 3.05) is 11.1 Å². The number of benzene rings is 2. The van der Waals surface area contributed by atoms with Crippen LogP contribution in [0.3, 0.4) is 0 Å². The number of hydrogen-bond donors (Lipinski definition) is 1. The van der Waals surface area contributed by atoms with E-state index in [9.17, 15) is 4.79 Å². The number of hydrogen-bond acceptors (Lipinski definition) is 7. The average Bonchev–Trinajstić information content (AvgIpc) is 3.38. The second kappa shape index (κ2) is 8.76. The van der Waals surface area contributed by atoms with Gasteiger partial charge in [0.15, 0.2) is 5.13 Å². The summed E-state index contributed by atoms with van der Waals surface area (Å²) in [5.74, 6) is 0.0327. The van der Waals surface area contributed by atoms with Crippen molar-refractivity contribution in [3.05, 3.63) is 64.5 Å². The number of nitrogens with zero attached hydrogens (tertiary/aromatic N) is 5. The summed E-state index contributed by atoms with van der Waals surface area (Å²) in [6.07, 6.45) is 0. The minimum Gasteiger partial charge on any atom is -0.301 e. The maximum atomic E-state index is 12.4. The molecular weight excluding hydrogens is 416 g/mol. The number of nitrogens with one attached hydrogen (secondary N) is 1. The zero-order chi connectivity index (χ0) is 21.1. The Morgan fingerprint density at radius 2 is 1.87 bits per heavy atom. The fourth-order valence-electron chi connectivity index (χ4n) is 2.87. The van der Waals surface area contributed by atoms with Gasteiger partial charge >= 0.3 is 0 Å². The Kier molecular flexibility index (Phi) is 5.91. The SMILES string of the molecule is Cc1ccc(-n2nnnc2SCC(=O)Nc2nc(-c3cc(C)ccc3C)cs2)cc1. The second-order valence-corrected chi connectivity index (χ2v) is 8.70. The number of amides is 1. The number of aryl methyl sites for hydroxylation is 3. The fourth-order valence-corrected chi connectivity index (χ4v) is 4.29. The molecule has 2 aromatic carbocycles. The predicted molar refractivity (Wildman–Crippen MR) is 120 cm³/mol. The molecule has 0 spiro atoms. The lowest BCUT2D eigenvalue weighted by atomic mass is 10.0. The molecule has 0 bridgehead atoms. The van der Waals surface area contributed by atoms with Crippen molar-refractivity contribution in [2.45, 2.75) is 25.9 Å². The Labute approximate surface area is 182 Å². The maximum absolute atomic E-state index is 12.4. The first-order valence-electron chi connectivity index (χ1n) is 9.31. The van der Waals surface area contributed by atoms with Gasteiger partial charge in [-0.15, -0.1) is 16.4 Å². The summed E-state index contributed by atoms with van der Waals surface area (Å²) >= 11 is 2.69.